The van der Waals surface area contributed by atoms with Gasteiger partial charge in [-0.05, 0) is 62.5 Å². The molecule has 26 unspecified atom stereocenters. The van der Waals surface area contributed by atoms with E-state index in [0.717, 1.165) is 0 Å². The molecular formula is C70H86O27. The highest BCUT2D eigenvalue weighted by Gasteiger charge is 3.07. The number of carbonyl (C=O) groups is 8. The Hall–Kier alpha value is -6.46. The number of furan rings is 2. The molecule has 27 nitrogen and oxygen atoms in total. The van der Waals surface area contributed by atoms with E-state index >= 15 is 0 Å². The van der Waals surface area contributed by atoms with Crippen LogP contribution >= 0.6 is 0 Å². The second kappa shape index (κ2) is 19.5. The number of aliphatic hydroxyl groups is 3. The molecule has 0 amide bonds. The molecule has 6 spiro atoms. The van der Waals surface area contributed by atoms with Crippen LogP contribution in [0.2, 0.25) is 0 Å². The molecule has 14 aliphatic rings. The minimum atomic E-state index is -2.25. The van der Waals surface area contributed by atoms with Crippen LogP contribution in [0.15, 0.2) is 57.4 Å². The van der Waals surface area contributed by atoms with Gasteiger partial charge in [-0.2, -0.15) is 0 Å². The van der Waals surface area contributed by atoms with Gasteiger partial charge in [0.05, 0.1) is 51.3 Å². The fourth-order valence-electron chi connectivity index (χ4n) is 25.3. The van der Waals surface area contributed by atoms with Crippen molar-refractivity contribution in [2.24, 2.45) is 62.1 Å². The molecule has 2 aromatic rings. The van der Waals surface area contributed by atoms with Gasteiger partial charge in [0.1, 0.15) is 58.2 Å². The number of fused-ring (bicyclic) bond motifs is 6. The van der Waals surface area contributed by atoms with Crippen LogP contribution in [-0.4, -0.2) is 158 Å². The van der Waals surface area contributed by atoms with Gasteiger partial charge >= 0.3 is 47.8 Å². The summed E-state index contributed by atoms with van der Waals surface area (Å²) in [4.78, 5) is 106. The van der Waals surface area contributed by atoms with Crippen molar-refractivity contribution in [3.8, 4) is 0 Å². The fraction of sp³-hybridized carbons (Fsp3) is 0.743. The number of carbonyl (C=O) groups excluding carboxylic acids is 8. The minimum Gasteiger partial charge on any atom is -0.511 e. The van der Waals surface area contributed by atoms with Gasteiger partial charge in [0, 0.05) is 116 Å². The maximum Gasteiger partial charge on any atom is 0.338 e. The highest BCUT2D eigenvalue weighted by Crippen LogP contribution is 2.92. The SMILES string of the molecule is COC(=O)CC1C2(C)CC34OC5(C)OC67C(/C(=C(/O)C(C)C)C(=O)OC6C3(O)C2OC(C)=O)C(C)(C(OC(C)=O)c2ccoc2)CCC7(O5)C14C.COC(=O)CC1C2(C)CC34OC5(C)OC67C(CC(=O)OC6C3(O)C2OC(C)=O)C(C)(C(OC(C)=O)c2ccoc2)CCC7(O5)C14C. The number of allylic oxidation sites excluding steroid dienone is 1. The molecule has 6 aliphatic heterocycles. The summed E-state index contributed by atoms with van der Waals surface area (Å²) in [5.41, 5.74) is -19.5. The summed E-state index contributed by atoms with van der Waals surface area (Å²) in [6.45, 7) is 23.2. The summed E-state index contributed by atoms with van der Waals surface area (Å²) in [5.74, 6) is -12.6. The molecule has 14 fully saturated rings. The predicted octanol–water partition coefficient (Wildman–Crippen LogP) is 6.81. The Balaban J connectivity index is 0.000000160. The molecule has 3 N–H and O–H groups in total. The lowest BCUT2D eigenvalue weighted by atomic mass is 9.33. The molecule has 16 rings (SSSR count). The van der Waals surface area contributed by atoms with Crippen LogP contribution in [0.5, 0.6) is 0 Å². The lowest BCUT2D eigenvalue weighted by Gasteiger charge is -2.77. The molecule has 97 heavy (non-hydrogen) atoms. The minimum absolute atomic E-state index is 0.0716. The third kappa shape index (κ3) is 6.98. The monoisotopic (exact) mass is 1360 g/mol. The van der Waals surface area contributed by atoms with E-state index in [2.05, 4.69) is 0 Å². The van der Waals surface area contributed by atoms with Gasteiger partial charge in [-0.3, -0.25) is 33.6 Å². The Morgan fingerprint density at radius 2 is 0.990 bits per heavy atom. The highest BCUT2D eigenvalue weighted by atomic mass is 16.9. The maximum absolute atomic E-state index is 14.7. The van der Waals surface area contributed by atoms with Gasteiger partial charge in [-0.15, -0.1) is 0 Å². The second-order valence-electron chi connectivity index (χ2n) is 32.2. The van der Waals surface area contributed by atoms with E-state index in [9.17, 15) is 53.7 Å². The van der Waals surface area contributed by atoms with E-state index in [1.807, 2.05) is 41.5 Å². The second-order valence-corrected chi connectivity index (χ2v) is 32.2. The molecule has 0 aromatic carbocycles. The molecule has 8 heterocycles. The van der Waals surface area contributed by atoms with Crippen LogP contribution in [0.1, 0.15) is 178 Å². The first-order valence-electron chi connectivity index (χ1n) is 33.5. The number of aliphatic hydroxyl groups excluding tert-OH is 1. The Morgan fingerprint density at radius 1 is 0.567 bits per heavy atom. The molecule has 2 aromatic heterocycles. The fourth-order valence-corrected chi connectivity index (χ4v) is 25.3. The van der Waals surface area contributed by atoms with E-state index < -0.39 is 203 Å². The van der Waals surface area contributed by atoms with Crippen molar-refractivity contribution < 1.29 is 129 Å². The Kier molecular flexibility index (Phi) is 13.4. The quantitative estimate of drug-likeness (QED) is 0.0801. The van der Waals surface area contributed by atoms with Crippen molar-refractivity contribution in [3.05, 3.63) is 59.6 Å². The van der Waals surface area contributed by atoms with Crippen LogP contribution in [0.4, 0.5) is 0 Å². The molecule has 8 saturated carbocycles. The highest BCUT2D eigenvalue weighted by molar-refractivity contribution is 5.92. The van der Waals surface area contributed by atoms with Crippen molar-refractivity contribution in [1.29, 1.82) is 0 Å². The largest absolute Gasteiger partial charge is 0.511 e. The smallest absolute Gasteiger partial charge is 0.338 e. The summed E-state index contributed by atoms with van der Waals surface area (Å²) in [6, 6.07) is 3.38. The standard InChI is InChI=1S/C37H46O14.C33H40O13/c1-17(2)24(41)23-25-30(5,26(46-18(3)38)20-10-13-45-15-20)11-12-34-32(7)21(14-22(40)44-9)31(6)16-35(32)36(43,28(31)47-19(4)39)29(48-27(23)42)37(25,34)51-33(8,49-34)50-35;1-16(34)41-23(18-8-11-40-14-18)26(3)9-10-30-28(5)19(12-21(36)39-7)27(4)15-31(28)32(38,24(27)42-17(2)35)25-33(30,20(26)13-22(37)43-25)46-29(6,44-30)45-31/h10,13,15,17,21,25-26,28-29,41,43H,11-12,14,16H2,1-9H3;8,11,14,19-20,23-25,38H,9-10,12-13,15H2,1-7H3/b24-23-;. The van der Waals surface area contributed by atoms with Gasteiger partial charge < -0.3 is 90.5 Å². The molecule has 0 radical (unpaired) electrons. The molecule has 27 heteroatoms. The molecule has 8 aliphatic carbocycles. The van der Waals surface area contributed by atoms with Gasteiger partial charge in [-0.1, -0.05) is 55.4 Å². The summed E-state index contributed by atoms with van der Waals surface area (Å²) in [6.07, 6.45) is -0.524. The molecular weight excluding hydrogens is 1270 g/mol. The van der Waals surface area contributed by atoms with Gasteiger partial charge in [0.25, 0.3) is 11.9 Å². The van der Waals surface area contributed by atoms with E-state index in [1.165, 1.54) is 67.0 Å². The van der Waals surface area contributed by atoms with Crippen LogP contribution < -0.4 is 0 Å². The zero-order valence-corrected chi connectivity index (χ0v) is 57.3. The lowest BCUT2D eigenvalue weighted by molar-refractivity contribution is -0.479. The zero-order chi connectivity index (χ0) is 70.2. The number of hydrogen-bond acceptors (Lipinski definition) is 27. The average molecular weight is 1360 g/mol. The number of rotatable bonds is 13. The van der Waals surface area contributed by atoms with Gasteiger partial charge in [0.15, 0.2) is 29.0 Å². The first-order valence-corrected chi connectivity index (χ1v) is 33.5. The molecule has 8 bridgehead atoms. The zero-order valence-electron chi connectivity index (χ0n) is 57.3. The first kappa shape index (κ1) is 66.4. The van der Waals surface area contributed by atoms with E-state index in [4.69, 9.17) is 75.2 Å². The Labute approximate surface area is 558 Å². The van der Waals surface area contributed by atoms with Crippen molar-refractivity contribution in [3.63, 3.8) is 0 Å². The number of ether oxygens (including phenoxy) is 14. The Bertz CT molecular complexity index is 3850. The van der Waals surface area contributed by atoms with Crippen LogP contribution in [0.3, 0.4) is 0 Å². The van der Waals surface area contributed by atoms with Crippen molar-refractivity contribution in [1.82, 2.24) is 0 Å². The maximum atomic E-state index is 14.7. The topological polar surface area (TPSA) is 353 Å². The lowest BCUT2D eigenvalue weighted by Crippen LogP contribution is -2.94. The van der Waals surface area contributed by atoms with E-state index in [0.29, 0.717) is 24.0 Å². The van der Waals surface area contributed by atoms with E-state index in [-0.39, 0.29) is 56.3 Å². The first-order chi connectivity index (χ1) is 45.1. The average Bonchev–Trinajstić information content (AvgIpc) is 1.43. The van der Waals surface area contributed by atoms with Crippen LogP contribution in [-0.2, 0) is 105 Å². The number of esters is 8. The van der Waals surface area contributed by atoms with Crippen LogP contribution in [0, 0.1) is 62.1 Å². The van der Waals surface area contributed by atoms with Crippen LogP contribution in [0.25, 0.3) is 0 Å². The summed E-state index contributed by atoms with van der Waals surface area (Å²) >= 11 is 0. The number of hydrogen-bond donors (Lipinski definition) is 3. The number of methoxy groups -OCH3 is 2. The van der Waals surface area contributed by atoms with Crippen molar-refractivity contribution >= 4 is 47.8 Å². The predicted molar refractivity (Wildman–Crippen MR) is 320 cm³/mol. The molecule has 6 saturated heterocycles. The van der Waals surface area contributed by atoms with E-state index in [1.54, 1.807) is 39.8 Å². The summed E-state index contributed by atoms with van der Waals surface area (Å²) < 4.78 is 100. The summed E-state index contributed by atoms with van der Waals surface area (Å²) in [7, 11) is 2.61. The normalized spacial score (nSPS) is 51.0. The third-order valence-corrected chi connectivity index (χ3v) is 27.7. The van der Waals surface area contributed by atoms with Crippen molar-refractivity contribution in [2.75, 3.05) is 14.2 Å². The van der Waals surface area contributed by atoms with Gasteiger partial charge in [-0.25, -0.2) is 4.79 Å². The molecule has 528 valence electrons. The van der Waals surface area contributed by atoms with Crippen molar-refractivity contribution in [2.45, 2.75) is 248 Å². The molecule has 26 atom stereocenters. The van der Waals surface area contributed by atoms with Gasteiger partial charge in [0.2, 0.25) is 0 Å². The Morgan fingerprint density at radius 3 is 1.41 bits per heavy atom. The third-order valence-electron chi connectivity index (χ3n) is 27.7. The summed E-state index contributed by atoms with van der Waals surface area (Å²) in [5, 5.41) is 39.1.